The van der Waals surface area contributed by atoms with Crippen molar-refractivity contribution in [2.75, 3.05) is 13.1 Å². The van der Waals surface area contributed by atoms with Crippen LogP contribution in [0.5, 0.6) is 0 Å². The maximum Gasteiger partial charge on any atom is 0.256 e. The largest absolute Gasteiger partial charge is 0.338 e. The number of hydrogen-bond acceptors (Lipinski definition) is 2. The van der Waals surface area contributed by atoms with E-state index in [9.17, 15) is 4.79 Å². The number of likely N-dealkylation sites (tertiary alicyclic amines) is 1. The van der Waals surface area contributed by atoms with Gasteiger partial charge in [0.2, 0.25) is 0 Å². The zero-order chi connectivity index (χ0) is 11.7. The second-order valence-electron chi connectivity index (χ2n) is 4.12. The van der Waals surface area contributed by atoms with Gasteiger partial charge >= 0.3 is 0 Å². The van der Waals surface area contributed by atoms with Gasteiger partial charge in [-0.05, 0) is 24.5 Å². The van der Waals surface area contributed by atoms with Crippen molar-refractivity contribution in [3.05, 3.63) is 28.0 Å². The van der Waals surface area contributed by atoms with E-state index >= 15 is 0 Å². The summed E-state index contributed by atoms with van der Waals surface area (Å²) in [5.41, 5.74) is 0.431. The molecule has 16 heavy (non-hydrogen) atoms. The van der Waals surface area contributed by atoms with Gasteiger partial charge in [0, 0.05) is 13.1 Å². The van der Waals surface area contributed by atoms with Crippen LogP contribution in [0, 0.1) is 5.92 Å². The lowest BCUT2D eigenvalue weighted by atomic mass is 10.2. The van der Waals surface area contributed by atoms with Crippen molar-refractivity contribution in [1.82, 2.24) is 9.88 Å². The Kier molecular flexibility index (Phi) is 3.36. The fourth-order valence-electron chi connectivity index (χ4n) is 1.86. The number of hydrogen-bond donors (Lipinski definition) is 0. The van der Waals surface area contributed by atoms with Crippen LogP contribution in [0.15, 0.2) is 12.1 Å². The Morgan fingerprint density at radius 3 is 2.81 bits per heavy atom. The molecular weight excluding hydrogens is 247 g/mol. The Labute approximate surface area is 104 Å². The second kappa shape index (κ2) is 4.60. The Morgan fingerprint density at radius 2 is 2.25 bits per heavy atom. The van der Waals surface area contributed by atoms with Crippen LogP contribution < -0.4 is 0 Å². The van der Waals surface area contributed by atoms with E-state index in [1.807, 2.05) is 4.90 Å². The molecular formula is C11H12Cl2N2O. The normalized spacial score (nSPS) is 20.2. The molecule has 0 radical (unpaired) electrons. The van der Waals surface area contributed by atoms with Crippen LogP contribution in [0.4, 0.5) is 0 Å². The molecule has 2 heterocycles. The van der Waals surface area contributed by atoms with Crippen LogP contribution in [-0.2, 0) is 0 Å². The second-order valence-corrected chi connectivity index (χ2v) is 4.86. The Bertz CT molecular complexity index is 422. The van der Waals surface area contributed by atoms with Crippen LogP contribution in [0.25, 0.3) is 0 Å². The van der Waals surface area contributed by atoms with E-state index in [2.05, 4.69) is 11.9 Å². The molecule has 1 aliphatic heterocycles. The van der Waals surface area contributed by atoms with E-state index in [1.54, 1.807) is 12.1 Å². The first kappa shape index (κ1) is 11.7. The molecule has 0 aromatic carbocycles. The number of nitrogens with zero attached hydrogens (tertiary/aromatic N) is 2. The highest BCUT2D eigenvalue weighted by Crippen LogP contribution is 2.22. The van der Waals surface area contributed by atoms with Gasteiger partial charge in [0.1, 0.15) is 10.3 Å². The molecule has 1 saturated heterocycles. The van der Waals surface area contributed by atoms with Gasteiger partial charge in [0.25, 0.3) is 5.91 Å². The first-order chi connectivity index (χ1) is 7.58. The summed E-state index contributed by atoms with van der Waals surface area (Å²) in [6, 6.07) is 3.21. The van der Waals surface area contributed by atoms with Gasteiger partial charge in [-0.15, -0.1) is 0 Å². The first-order valence-corrected chi connectivity index (χ1v) is 5.95. The fraction of sp³-hybridized carbons (Fsp3) is 0.455. The van der Waals surface area contributed by atoms with Crippen LogP contribution >= 0.6 is 23.2 Å². The third-order valence-corrected chi connectivity index (χ3v) is 3.25. The predicted octanol–water partition coefficient (Wildman–Crippen LogP) is 2.87. The van der Waals surface area contributed by atoms with Gasteiger partial charge in [0.15, 0.2) is 0 Å². The minimum atomic E-state index is -0.0569. The van der Waals surface area contributed by atoms with E-state index in [-0.39, 0.29) is 11.1 Å². The maximum absolute atomic E-state index is 12.1. The molecule has 0 spiro atoms. The van der Waals surface area contributed by atoms with Gasteiger partial charge in [-0.2, -0.15) is 0 Å². The molecule has 0 aliphatic carbocycles. The monoisotopic (exact) mass is 258 g/mol. The molecule has 5 heteroatoms. The number of pyridine rings is 1. The highest BCUT2D eigenvalue weighted by Gasteiger charge is 2.25. The predicted molar refractivity (Wildman–Crippen MR) is 63.9 cm³/mol. The summed E-state index contributed by atoms with van der Waals surface area (Å²) >= 11 is 11.6. The molecule has 0 bridgehead atoms. The van der Waals surface area contributed by atoms with Gasteiger partial charge in [-0.3, -0.25) is 4.79 Å². The van der Waals surface area contributed by atoms with E-state index in [0.717, 1.165) is 19.5 Å². The summed E-state index contributed by atoms with van der Waals surface area (Å²) in [5.74, 6) is 0.501. The van der Waals surface area contributed by atoms with E-state index in [4.69, 9.17) is 23.2 Å². The van der Waals surface area contributed by atoms with Crippen molar-refractivity contribution in [3.8, 4) is 0 Å². The summed E-state index contributed by atoms with van der Waals surface area (Å²) < 4.78 is 0. The number of halogens is 2. The number of carbonyl (C=O) groups excluding carboxylic acids is 1. The van der Waals surface area contributed by atoms with Crippen molar-refractivity contribution in [2.45, 2.75) is 13.3 Å². The van der Waals surface area contributed by atoms with Crippen molar-refractivity contribution >= 4 is 29.1 Å². The van der Waals surface area contributed by atoms with Gasteiger partial charge < -0.3 is 4.90 Å². The summed E-state index contributed by atoms with van der Waals surface area (Å²) in [6.45, 7) is 3.71. The number of amides is 1. The number of rotatable bonds is 1. The SMILES string of the molecule is CC1CCN(C(=O)c2ccc(Cl)nc2Cl)C1. The smallest absolute Gasteiger partial charge is 0.256 e. The molecule has 0 saturated carbocycles. The van der Waals surface area contributed by atoms with Crippen LogP contribution in [0.1, 0.15) is 23.7 Å². The lowest BCUT2D eigenvalue weighted by Gasteiger charge is -2.16. The van der Waals surface area contributed by atoms with Gasteiger partial charge in [-0.1, -0.05) is 30.1 Å². The maximum atomic E-state index is 12.1. The average Bonchev–Trinajstić information content (AvgIpc) is 2.64. The lowest BCUT2D eigenvalue weighted by Crippen LogP contribution is -2.28. The Balaban J connectivity index is 2.21. The molecule has 1 fully saturated rings. The van der Waals surface area contributed by atoms with Crippen molar-refractivity contribution in [2.24, 2.45) is 5.92 Å². The van der Waals surface area contributed by atoms with Gasteiger partial charge in [-0.25, -0.2) is 4.98 Å². The quantitative estimate of drug-likeness (QED) is 0.726. The zero-order valence-corrected chi connectivity index (χ0v) is 10.4. The summed E-state index contributed by atoms with van der Waals surface area (Å²) in [6.07, 6.45) is 1.05. The Morgan fingerprint density at radius 1 is 1.50 bits per heavy atom. The fourth-order valence-corrected chi connectivity index (χ4v) is 2.29. The molecule has 1 unspecified atom stereocenters. The molecule has 1 aliphatic rings. The first-order valence-electron chi connectivity index (χ1n) is 5.19. The minimum Gasteiger partial charge on any atom is -0.338 e. The van der Waals surface area contributed by atoms with Crippen molar-refractivity contribution in [3.63, 3.8) is 0 Å². The molecule has 86 valence electrons. The summed E-state index contributed by atoms with van der Waals surface area (Å²) in [4.78, 5) is 17.8. The Hall–Kier alpha value is -0.800. The molecule has 1 atom stereocenters. The molecule has 1 aromatic rings. The van der Waals surface area contributed by atoms with Crippen LogP contribution in [0.2, 0.25) is 10.3 Å². The third kappa shape index (κ3) is 2.30. The minimum absolute atomic E-state index is 0.0569. The third-order valence-electron chi connectivity index (χ3n) is 2.76. The number of carbonyl (C=O) groups is 1. The summed E-state index contributed by atoms with van der Waals surface area (Å²) in [7, 11) is 0. The van der Waals surface area contributed by atoms with Crippen LogP contribution in [-0.4, -0.2) is 28.9 Å². The number of aromatic nitrogens is 1. The van der Waals surface area contributed by atoms with Gasteiger partial charge in [0.05, 0.1) is 5.56 Å². The van der Waals surface area contributed by atoms with E-state index in [1.165, 1.54) is 0 Å². The van der Waals surface area contributed by atoms with Crippen LogP contribution in [0.3, 0.4) is 0 Å². The molecule has 2 rings (SSSR count). The standard InChI is InChI=1S/C11H12Cl2N2O/c1-7-4-5-15(6-7)11(16)8-2-3-9(12)14-10(8)13/h2-3,7H,4-6H2,1H3. The molecule has 1 aromatic heterocycles. The lowest BCUT2D eigenvalue weighted by molar-refractivity contribution is 0.0788. The molecule has 1 amide bonds. The molecule has 0 N–H and O–H groups in total. The zero-order valence-electron chi connectivity index (χ0n) is 8.91. The van der Waals surface area contributed by atoms with E-state index in [0.29, 0.717) is 16.6 Å². The highest BCUT2D eigenvalue weighted by molar-refractivity contribution is 6.34. The van der Waals surface area contributed by atoms with Crippen molar-refractivity contribution < 1.29 is 4.79 Å². The molecule has 3 nitrogen and oxygen atoms in total. The van der Waals surface area contributed by atoms with E-state index < -0.39 is 0 Å². The summed E-state index contributed by atoms with van der Waals surface area (Å²) in [5, 5.41) is 0.480. The van der Waals surface area contributed by atoms with Crippen molar-refractivity contribution in [1.29, 1.82) is 0 Å². The average molecular weight is 259 g/mol. The topological polar surface area (TPSA) is 33.2 Å². The highest BCUT2D eigenvalue weighted by atomic mass is 35.5.